The SMILES string of the molecule is O=C1[N-]S(=O)(=O)c2ccccc21.O=C1[N-]S(=O)(=O)c2ccccc21.O=C[C@H](O)[C@@H](O)[C@H](O)[C@H](O)C(=O)[O-].[Na+].[Na+].[Na+]. The first-order valence-corrected chi connectivity index (χ1v) is 12.6. The van der Waals surface area contributed by atoms with Crippen LogP contribution in [0, 0.1) is 0 Å². The molecule has 0 spiro atoms. The Kier molecular flexibility index (Phi) is 18.0. The Labute approximate surface area is 294 Å². The van der Waals surface area contributed by atoms with Crippen LogP contribution in [-0.2, 0) is 29.6 Å². The molecule has 0 aliphatic carbocycles. The summed E-state index contributed by atoms with van der Waals surface area (Å²) in [7, 11) is -7.36. The summed E-state index contributed by atoms with van der Waals surface area (Å²) in [4.78, 5) is 41.7. The third-order valence-electron chi connectivity index (χ3n) is 4.60. The second kappa shape index (κ2) is 17.4. The largest absolute Gasteiger partial charge is 1.00 e. The zero-order valence-corrected chi connectivity index (χ0v) is 28.8. The molecule has 15 nitrogen and oxygen atoms in total. The minimum Gasteiger partial charge on any atom is -0.547 e. The summed E-state index contributed by atoms with van der Waals surface area (Å²) >= 11 is 0. The topological polar surface area (TPSA) is 269 Å². The number of nitrogens with zero attached hydrogens (tertiary/aromatic N) is 2. The summed E-state index contributed by atoms with van der Waals surface area (Å²) in [5, 5.41) is 44.8. The molecule has 0 saturated carbocycles. The summed E-state index contributed by atoms with van der Waals surface area (Å²) in [6, 6.07) is 12.0. The Hall–Kier alpha value is -0.740. The van der Waals surface area contributed by atoms with Gasteiger partial charge in [-0.25, -0.2) is 16.8 Å². The smallest absolute Gasteiger partial charge is 0.547 e. The molecule has 4 atom stereocenters. The number of aliphatic hydroxyl groups is 4. The summed E-state index contributed by atoms with van der Waals surface area (Å²) in [6.07, 6.45) is -8.65. The zero-order chi connectivity index (χ0) is 28.1. The summed E-state index contributed by atoms with van der Waals surface area (Å²) < 4.78 is 50.3. The van der Waals surface area contributed by atoms with E-state index in [0.29, 0.717) is 0 Å². The molecule has 4 rings (SSSR count). The van der Waals surface area contributed by atoms with E-state index in [9.17, 15) is 41.1 Å². The fourth-order valence-electron chi connectivity index (χ4n) is 2.76. The van der Waals surface area contributed by atoms with Crippen LogP contribution in [0.1, 0.15) is 20.7 Å². The van der Waals surface area contributed by atoms with Gasteiger partial charge in [0, 0.05) is 11.1 Å². The first kappa shape index (κ1) is 41.4. The number of aliphatic carboxylic acids is 1. The van der Waals surface area contributed by atoms with Gasteiger partial charge >= 0.3 is 88.7 Å². The number of carboxylic acid groups (broad SMARTS) is 1. The molecule has 0 aromatic heterocycles. The van der Waals surface area contributed by atoms with Crippen LogP contribution in [0.25, 0.3) is 9.44 Å². The van der Waals surface area contributed by atoms with Crippen molar-refractivity contribution in [3.8, 4) is 0 Å². The van der Waals surface area contributed by atoms with Crippen molar-refractivity contribution < 1.29 is 150 Å². The number of hydrogen-bond acceptors (Lipinski definition) is 13. The molecule has 2 heterocycles. The van der Waals surface area contributed by atoms with Crippen molar-refractivity contribution in [2.75, 3.05) is 0 Å². The zero-order valence-electron chi connectivity index (χ0n) is 21.2. The van der Waals surface area contributed by atoms with Crippen LogP contribution >= 0.6 is 0 Å². The van der Waals surface area contributed by atoms with E-state index >= 15 is 0 Å². The van der Waals surface area contributed by atoms with Crippen molar-refractivity contribution in [2.24, 2.45) is 0 Å². The average molecular weight is 626 g/mol. The number of aldehydes is 1. The third-order valence-corrected chi connectivity index (χ3v) is 7.24. The van der Waals surface area contributed by atoms with Gasteiger partial charge in [0.05, 0.1) is 27.6 Å². The fourth-order valence-corrected chi connectivity index (χ4v) is 4.96. The van der Waals surface area contributed by atoms with Crippen molar-refractivity contribution in [3.63, 3.8) is 0 Å². The van der Waals surface area contributed by atoms with Crippen molar-refractivity contribution in [3.05, 3.63) is 69.1 Å². The molecule has 0 unspecified atom stereocenters. The van der Waals surface area contributed by atoms with Gasteiger partial charge in [-0.1, -0.05) is 36.4 Å². The van der Waals surface area contributed by atoms with Crippen molar-refractivity contribution in [1.29, 1.82) is 0 Å². The van der Waals surface area contributed by atoms with Gasteiger partial charge in [-0.05, 0) is 12.1 Å². The Morgan fingerprint density at radius 3 is 1.38 bits per heavy atom. The number of fused-ring (bicyclic) bond motifs is 2. The van der Waals surface area contributed by atoms with E-state index in [1.807, 2.05) is 0 Å². The molecule has 2 aliphatic heterocycles. The van der Waals surface area contributed by atoms with E-state index in [4.69, 9.17) is 20.4 Å². The maximum atomic E-state index is 11.1. The second-order valence-electron chi connectivity index (χ2n) is 7.11. The normalized spacial score (nSPS) is 17.6. The Morgan fingerprint density at radius 1 is 0.725 bits per heavy atom. The first-order valence-electron chi connectivity index (χ1n) is 9.75. The second-order valence-corrected chi connectivity index (χ2v) is 10.3. The summed E-state index contributed by atoms with van der Waals surface area (Å²) in [6.45, 7) is 0. The molecule has 2 aromatic carbocycles. The molecule has 20 heteroatoms. The van der Waals surface area contributed by atoms with E-state index in [1.54, 1.807) is 24.3 Å². The predicted octanol–water partition coefficient (Wildman–Crippen LogP) is -11.8. The predicted molar refractivity (Wildman–Crippen MR) is 118 cm³/mol. The molecule has 2 amide bonds. The first-order chi connectivity index (χ1) is 17.1. The van der Waals surface area contributed by atoms with Crippen LogP contribution in [0.3, 0.4) is 0 Å². The molecular formula is C20H17N2Na3O13S2. The molecule has 0 fully saturated rings. The molecule has 4 N–H and O–H groups in total. The monoisotopic (exact) mass is 626 g/mol. The molecular weight excluding hydrogens is 609 g/mol. The molecule has 200 valence electrons. The van der Waals surface area contributed by atoms with Crippen LogP contribution in [0.2, 0.25) is 0 Å². The number of carbonyl (C=O) groups is 4. The number of amides is 2. The summed E-state index contributed by atoms with van der Waals surface area (Å²) in [5.41, 5.74) is 0.329. The molecule has 0 bridgehead atoms. The number of carbonyl (C=O) groups excluding carboxylic acids is 4. The van der Waals surface area contributed by atoms with Crippen molar-refractivity contribution in [2.45, 2.75) is 34.2 Å². The maximum Gasteiger partial charge on any atom is 1.00 e. The van der Waals surface area contributed by atoms with E-state index in [1.165, 1.54) is 24.3 Å². The van der Waals surface area contributed by atoms with Gasteiger partial charge in [0.2, 0.25) is 0 Å². The van der Waals surface area contributed by atoms with E-state index < -0.39 is 62.2 Å². The van der Waals surface area contributed by atoms with E-state index in [-0.39, 0.29) is 116 Å². The van der Waals surface area contributed by atoms with Crippen LogP contribution in [0.5, 0.6) is 0 Å². The fraction of sp³-hybridized carbons (Fsp3) is 0.200. The molecule has 40 heavy (non-hydrogen) atoms. The number of hydrogen-bond donors (Lipinski definition) is 4. The van der Waals surface area contributed by atoms with Gasteiger partial charge in [0.15, 0.2) is 6.29 Å². The number of sulfonamides is 2. The van der Waals surface area contributed by atoms with Crippen LogP contribution < -0.4 is 93.8 Å². The number of carboxylic acids is 1. The summed E-state index contributed by atoms with van der Waals surface area (Å²) in [5.74, 6) is -3.36. The van der Waals surface area contributed by atoms with Crippen molar-refractivity contribution >= 4 is 44.1 Å². The number of benzene rings is 2. The Bertz CT molecular complexity index is 1350. The Morgan fingerprint density at radius 2 is 1.07 bits per heavy atom. The molecule has 2 aromatic rings. The molecule has 0 radical (unpaired) electrons. The third kappa shape index (κ3) is 10.2. The molecule has 2 aliphatic rings. The average Bonchev–Trinajstić information content (AvgIpc) is 3.24. The van der Waals surface area contributed by atoms with E-state index in [0.717, 1.165) is 0 Å². The minimum absolute atomic E-state index is 0. The van der Waals surface area contributed by atoms with Crippen LogP contribution in [-0.4, -0.2) is 85.7 Å². The number of rotatable bonds is 5. The van der Waals surface area contributed by atoms with Gasteiger partial charge in [0.1, 0.15) is 44.5 Å². The van der Waals surface area contributed by atoms with Crippen LogP contribution in [0.4, 0.5) is 0 Å². The number of aliphatic hydroxyl groups excluding tert-OH is 4. The standard InChI is InChI=1S/2C7H5NO3S.C6H10O7.3Na/c2*9-7-5-3-1-2-4-6(5)12(10,11)8-7;7-1-2(8)3(9)4(10)5(11)6(12)13;;;/h2*1-4H,(H,8,9);1-5,8-11H,(H,12,13);;;/q;;;3*+1/p-3/t;;2-,3+,4-,5-;;;/m..0.../s1. The van der Waals surface area contributed by atoms with E-state index in [2.05, 4.69) is 9.44 Å². The van der Waals surface area contributed by atoms with Crippen molar-refractivity contribution in [1.82, 2.24) is 0 Å². The quantitative estimate of drug-likeness (QED) is 0.178. The van der Waals surface area contributed by atoms with Gasteiger partial charge < -0.3 is 54.2 Å². The van der Waals surface area contributed by atoms with Crippen LogP contribution in [0.15, 0.2) is 58.3 Å². The van der Waals surface area contributed by atoms with Gasteiger partial charge in [-0.15, -0.1) is 0 Å². The Balaban J connectivity index is 0. The maximum absolute atomic E-state index is 11.1. The van der Waals surface area contributed by atoms with Gasteiger partial charge in [0.25, 0.3) is 0 Å². The van der Waals surface area contributed by atoms with Gasteiger partial charge in [-0.2, -0.15) is 0 Å². The molecule has 0 saturated heterocycles. The van der Waals surface area contributed by atoms with Gasteiger partial charge in [-0.3, -0.25) is 0 Å². The minimum atomic E-state index is -3.68.